The third-order valence-corrected chi connectivity index (χ3v) is 13.2. The van der Waals surface area contributed by atoms with Gasteiger partial charge in [-0.2, -0.15) is 5.26 Å². The van der Waals surface area contributed by atoms with Gasteiger partial charge in [0.25, 0.3) is 0 Å². The van der Waals surface area contributed by atoms with Crippen LogP contribution in [0.15, 0.2) is 212 Å². The van der Waals surface area contributed by atoms with Gasteiger partial charge in [-0.1, -0.05) is 166 Å². The molecule has 5 nitrogen and oxygen atoms in total. The molecule has 5 heteroatoms. The number of rotatable bonds is 7. The molecule has 0 aliphatic heterocycles. The van der Waals surface area contributed by atoms with Crippen molar-refractivity contribution < 1.29 is 0 Å². The minimum absolute atomic E-state index is 0.181. The van der Waals surface area contributed by atoms with Crippen LogP contribution in [0.25, 0.3) is 106 Å². The Labute approximate surface area is 383 Å². The number of benzene rings is 9. The SMILES string of the molecule is CC1(C)c2ccccc2-c2cc3c4ccccc4n(-c4cc(-c5cccc(C#N)c5)cc(-c5nc(-c6cccc(-c7ccccc7)c6)nc(-c6cccc(-c7ccccc7)c6)n5)c4)c3cc21. The summed E-state index contributed by atoms with van der Waals surface area (Å²) in [4.78, 5) is 15.9. The zero-order valence-corrected chi connectivity index (χ0v) is 36.4. The number of para-hydroxylation sites is 1. The fourth-order valence-electron chi connectivity index (χ4n) is 9.95. The molecule has 0 spiro atoms. The van der Waals surface area contributed by atoms with Gasteiger partial charge in [0.15, 0.2) is 17.5 Å². The van der Waals surface area contributed by atoms with Gasteiger partial charge in [0.1, 0.15) is 0 Å². The zero-order chi connectivity index (χ0) is 44.4. The van der Waals surface area contributed by atoms with Crippen molar-refractivity contribution in [1.29, 1.82) is 5.26 Å². The smallest absolute Gasteiger partial charge is 0.164 e. The highest BCUT2D eigenvalue weighted by Gasteiger charge is 2.36. The van der Waals surface area contributed by atoms with E-state index >= 15 is 0 Å². The highest BCUT2D eigenvalue weighted by molar-refractivity contribution is 6.12. The first-order valence-electron chi connectivity index (χ1n) is 22.3. The third kappa shape index (κ3) is 6.58. The van der Waals surface area contributed by atoms with Crippen LogP contribution in [0.5, 0.6) is 0 Å². The number of hydrogen-bond donors (Lipinski definition) is 0. The van der Waals surface area contributed by atoms with E-state index in [9.17, 15) is 5.26 Å². The molecule has 12 rings (SSSR count). The second-order valence-corrected chi connectivity index (χ2v) is 17.6. The normalized spacial score (nSPS) is 12.5. The first kappa shape index (κ1) is 38.9. The van der Waals surface area contributed by atoms with E-state index in [4.69, 9.17) is 15.0 Å². The molecule has 310 valence electrons. The van der Waals surface area contributed by atoms with Crippen molar-refractivity contribution in [2.24, 2.45) is 0 Å². The van der Waals surface area contributed by atoms with Gasteiger partial charge in [-0.05, 0) is 116 Å². The molecule has 2 aromatic heterocycles. The summed E-state index contributed by atoms with van der Waals surface area (Å²) in [5.41, 5.74) is 17.7. The van der Waals surface area contributed by atoms with Gasteiger partial charge in [0.2, 0.25) is 0 Å². The van der Waals surface area contributed by atoms with Gasteiger partial charge in [-0.25, -0.2) is 15.0 Å². The van der Waals surface area contributed by atoms with E-state index in [1.165, 1.54) is 33.0 Å². The monoisotopic (exact) mass is 843 g/mol. The molecular weight excluding hydrogens is 803 g/mol. The largest absolute Gasteiger partial charge is 0.309 e. The van der Waals surface area contributed by atoms with E-state index in [0.29, 0.717) is 23.0 Å². The van der Waals surface area contributed by atoms with Crippen LogP contribution in [-0.2, 0) is 5.41 Å². The highest BCUT2D eigenvalue weighted by Crippen LogP contribution is 2.51. The average molecular weight is 844 g/mol. The lowest BCUT2D eigenvalue weighted by molar-refractivity contribution is 0.661. The Morgan fingerprint density at radius 1 is 0.379 bits per heavy atom. The summed E-state index contributed by atoms with van der Waals surface area (Å²) < 4.78 is 2.39. The molecule has 1 aliphatic rings. The summed E-state index contributed by atoms with van der Waals surface area (Å²) in [7, 11) is 0. The van der Waals surface area contributed by atoms with Crippen LogP contribution in [0.2, 0.25) is 0 Å². The summed E-state index contributed by atoms with van der Waals surface area (Å²) in [6.45, 7) is 4.66. The maximum Gasteiger partial charge on any atom is 0.164 e. The van der Waals surface area contributed by atoms with Crippen LogP contribution < -0.4 is 0 Å². The quantitative estimate of drug-likeness (QED) is 0.160. The minimum Gasteiger partial charge on any atom is -0.309 e. The second kappa shape index (κ2) is 15.5. The topological polar surface area (TPSA) is 67.4 Å². The molecule has 0 unspecified atom stereocenters. The van der Waals surface area contributed by atoms with E-state index < -0.39 is 0 Å². The van der Waals surface area contributed by atoms with Crippen LogP contribution in [0, 0.1) is 11.3 Å². The van der Waals surface area contributed by atoms with E-state index in [1.807, 2.05) is 30.3 Å². The molecule has 1 aliphatic carbocycles. The summed E-state index contributed by atoms with van der Waals surface area (Å²) in [6, 6.07) is 76.7. The highest BCUT2D eigenvalue weighted by atomic mass is 15.0. The molecule has 11 aromatic rings. The lowest BCUT2D eigenvalue weighted by atomic mass is 9.82. The number of hydrogen-bond acceptors (Lipinski definition) is 4. The first-order valence-corrected chi connectivity index (χ1v) is 22.3. The zero-order valence-electron chi connectivity index (χ0n) is 36.4. The summed E-state index contributed by atoms with van der Waals surface area (Å²) in [5, 5.41) is 12.4. The van der Waals surface area contributed by atoms with Gasteiger partial charge in [-0.15, -0.1) is 0 Å². The fourth-order valence-corrected chi connectivity index (χ4v) is 9.95. The molecule has 9 aromatic carbocycles. The molecule has 0 N–H and O–H groups in total. The van der Waals surface area contributed by atoms with E-state index in [0.717, 1.165) is 66.8 Å². The van der Waals surface area contributed by atoms with Crippen molar-refractivity contribution in [3.63, 3.8) is 0 Å². The van der Waals surface area contributed by atoms with Crippen LogP contribution in [0.1, 0.15) is 30.5 Å². The van der Waals surface area contributed by atoms with Crippen LogP contribution in [0.4, 0.5) is 0 Å². The van der Waals surface area contributed by atoms with Crippen LogP contribution in [-0.4, -0.2) is 19.5 Å². The maximum atomic E-state index is 10.0. The van der Waals surface area contributed by atoms with Crippen molar-refractivity contribution in [2.75, 3.05) is 0 Å². The van der Waals surface area contributed by atoms with Gasteiger partial charge in [0.05, 0.1) is 22.7 Å². The number of fused-ring (bicyclic) bond motifs is 6. The molecule has 0 bridgehead atoms. The number of nitrogens with zero attached hydrogens (tertiary/aromatic N) is 5. The Hall–Kier alpha value is -8.72. The summed E-state index contributed by atoms with van der Waals surface area (Å²) in [6.07, 6.45) is 0. The molecule has 2 heterocycles. The van der Waals surface area contributed by atoms with Crippen LogP contribution in [0.3, 0.4) is 0 Å². The molecule has 0 atom stereocenters. The molecule has 0 saturated carbocycles. The molecular formula is C61H41N5. The van der Waals surface area contributed by atoms with Crippen molar-refractivity contribution in [3.8, 4) is 90.4 Å². The third-order valence-electron chi connectivity index (χ3n) is 13.2. The van der Waals surface area contributed by atoms with Crippen molar-refractivity contribution in [2.45, 2.75) is 19.3 Å². The summed E-state index contributed by atoms with van der Waals surface area (Å²) in [5.74, 6) is 1.69. The average Bonchev–Trinajstić information content (AvgIpc) is 3.83. The Morgan fingerprint density at radius 2 is 0.894 bits per heavy atom. The van der Waals surface area contributed by atoms with E-state index in [2.05, 4.69) is 206 Å². The number of aromatic nitrogens is 4. The molecule has 66 heavy (non-hydrogen) atoms. The van der Waals surface area contributed by atoms with Gasteiger partial charge >= 0.3 is 0 Å². The predicted molar refractivity (Wildman–Crippen MR) is 269 cm³/mol. The van der Waals surface area contributed by atoms with Crippen molar-refractivity contribution in [3.05, 3.63) is 229 Å². The Balaban J connectivity index is 1.11. The minimum atomic E-state index is -0.181. The lowest BCUT2D eigenvalue weighted by Crippen LogP contribution is -2.15. The molecule has 0 amide bonds. The maximum absolute atomic E-state index is 10.0. The Morgan fingerprint density at radius 3 is 1.56 bits per heavy atom. The van der Waals surface area contributed by atoms with Crippen molar-refractivity contribution in [1.82, 2.24) is 19.5 Å². The molecule has 0 fully saturated rings. The van der Waals surface area contributed by atoms with E-state index in [1.54, 1.807) is 0 Å². The van der Waals surface area contributed by atoms with Gasteiger partial charge in [0, 0.05) is 38.6 Å². The molecule has 0 radical (unpaired) electrons. The number of nitriles is 1. The van der Waals surface area contributed by atoms with E-state index in [-0.39, 0.29) is 5.41 Å². The summed E-state index contributed by atoms with van der Waals surface area (Å²) >= 11 is 0. The lowest BCUT2D eigenvalue weighted by Gasteiger charge is -2.22. The van der Waals surface area contributed by atoms with Gasteiger partial charge < -0.3 is 4.57 Å². The predicted octanol–water partition coefficient (Wildman–Crippen LogP) is 15.1. The molecule has 0 saturated heterocycles. The Kier molecular flexibility index (Phi) is 9.15. The van der Waals surface area contributed by atoms with Crippen LogP contribution >= 0.6 is 0 Å². The van der Waals surface area contributed by atoms with Gasteiger partial charge in [-0.3, -0.25) is 0 Å². The Bertz CT molecular complexity index is 3640. The van der Waals surface area contributed by atoms with Crippen molar-refractivity contribution >= 4 is 21.8 Å². The standard InChI is InChI=1S/C61H41N5/c1-61(2)54-28-11-9-26-50(54)52-36-53-51-27-10-12-29-56(51)66(57(53)37-55(52)61)49-34-47(42-21-13-16-39(30-42)38-62)33-48(35-49)60-64-58(45-24-14-22-43(31-45)40-17-5-3-6-18-40)63-59(65-60)46-25-15-23-44(32-46)41-19-7-4-8-20-41/h3-37H,1-2H3. The fraction of sp³-hybridized carbons (Fsp3) is 0.0492. The second-order valence-electron chi connectivity index (χ2n) is 17.6. The first-order chi connectivity index (χ1) is 32.4.